The summed E-state index contributed by atoms with van der Waals surface area (Å²) in [6.07, 6.45) is 4.85. The van der Waals surface area contributed by atoms with Crippen molar-refractivity contribution in [3.63, 3.8) is 0 Å². The first-order valence-electron chi connectivity index (χ1n) is 6.24. The van der Waals surface area contributed by atoms with E-state index in [1.807, 2.05) is 6.07 Å². The maximum Gasteiger partial charge on any atom is 0.259 e. The van der Waals surface area contributed by atoms with Gasteiger partial charge in [-0.2, -0.15) is 0 Å². The third-order valence-electron chi connectivity index (χ3n) is 4.23. The van der Waals surface area contributed by atoms with Crippen LogP contribution in [0.2, 0.25) is 0 Å². The first-order valence-corrected chi connectivity index (χ1v) is 7.06. The average Bonchev–Trinajstić information content (AvgIpc) is 3.21. The number of thiophene rings is 1. The third kappa shape index (κ3) is 1.33. The fourth-order valence-corrected chi connectivity index (χ4v) is 3.76. The van der Waals surface area contributed by atoms with Crippen LogP contribution in [0.1, 0.15) is 42.8 Å². The Labute approximate surface area is 103 Å². The first kappa shape index (κ1) is 9.83. The molecule has 0 aliphatic heterocycles. The molecule has 3 nitrogen and oxygen atoms in total. The zero-order chi connectivity index (χ0) is 11.6. The van der Waals surface area contributed by atoms with Gasteiger partial charge in [-0.25, -0.2) is 4.98 Å². The van der Waals surface area contributed by atoms with Gasteiger partial charge in [-0.15, -0.1) is 11.3 Å². The van der Waals surface area contributed by atoms with E-state index in [-0.39, 0.29) is 5.56 Å². The van der Waals surface area contributed by atoms with Gasteiger partial charge in [0.25, 0.3) is 5.56 Å². The van der Waals surface area contributed by atoms with Crippen molar-refractivity contribution >= 4 is 21.6 Å². The van der Waals surface area contributed by atoms with Gasteiger partial charge in [-0.1, -0.05) is 6.92 Å². The van der Waals surface area contributed by atoms with Crippen LogP contribution < -0.4 is 5.56 Å². The van der Waals surface area contributed by atoms with E-state index >= 15 is 0 Å². The highest BCUT2D eigenvalue weighted by Crippen LogP contribution is 2.74. The van der Waals surface area contributed by atoms with Gasteiger partial charge in [0.05, 0.1) is 5.39 Å². The van der Waals surface area contributed by atoms with E-state index in [1.165, 1.54) is 24.1 Å². The predicted molar refractivity (Wildman–Crippen MR) is 68.6 cm³/mol. The van der Waals surface area contributed by atoms with Crippen LogP contribution in [0.3, 0.4) is 0 Å². The van der Waals surface area contributed by atoms with Crippen LogP contribution in [-0.4, -0.2) is 9.97 Å². The van der Waals surface area contributed by atoms with E-state index in [9.17, 15) is 4.79 Å². The van der Waals surface area contributed by atoms with E-state index in [1.54, 1.807) is 11.3 Å². The Balaban J connectivity index is 1.87. The molecule has 2 heterocycles. The van der Waals surface area contributed by atoms with E-state index < -0.39 is 0 Å². The van der Waals surface area contributed by atoms with Gasteiger partial charge in [0.2, 0.25) is 0 Å². The fourth-order valence-electron chi connectivity index (χ4n) is 2.78. The molecule has 1 atom stereocenters. The molecule has 1 unspecified atom stereocenters. The Morgan fingerprint density at radius 3 is 3.06 bits per heavy atom. The van der Waals surface area contributed by atoms with Crippen molar-refractivity contribution in [1.29, 1.82) is 0 Å². The monoisotopic (exact) mass is 246 g/mol. The maximum atomic E-state index is 12.0. The van der Waals surface area contributed by atoms with Crippen molar-refractivity contribution in [2.75, 3.05) is 0 Å². The smallest absolute Gasteiger partial charge is 0.259 e. The van der Waals surface area contributed by atoms with Gasteiger partial charge < -0.3 is 4.98 Å². The molecular formula is C13H14N2OS. The Hall–Kier alpha value is -1.16. The van der Waals surface area contributed by atoms with Crippen LogP contribution in [0, 0.1) is 5.41 Å². The minimum Gasteiger partial charge on any atom is -0.310 e. The molecule has 0 saturated heterocycles. The molecule has 0 aromatic carbocycles. The van der Waals surface area contributed by atoms with E-state index in [0.29, 0.717) is 11.3 Å². The summed E-state index contributed by atoms with van der Waals surface area (Å²) in [5, 5.41) is 0.765. The van der Waals surface area contributed by atoms with Crippen LogP contribution in [0.4, 0.5) is 0 Å². The van der Waals surface area contributed by atoms with E-state index in [4.69, 9.17) is 0 Å². The molecule has 2 aromatic heterocycles. The highest BCUT2D eigenvalue weighted by molar-refractivity contribution is 7.18. The van der Waals surface area contributed by atoms with Crippen molar-refractivity contribution in [3.05, 3.63) is 27.1 Å². The van der Waals surface area contributed by atoms with Gasteiger partial charge in [0.1, 0.15) is 10.7 Å². The number of fused-ring (bicyclic) bond motifs is 1. The molecule has 17 heavy (non-hydrogen) atoms. The number of H-pyrrole nitrogens is 1. The van der Waals surface area contributed by atoms with Crippen molar-refractivity contribution in [3.8, 4) is 0 Å². The summed E-state index contributed by atoms with van der Waals surface area (Å²) < 4.78 is 0. The van der Waals surface area contributed by atoms with Gasteiger partial charge in [-0.05, 0) is 37.2 Å². The largest absolute Gasteiger partial charge is 0.310 e. The molecule has 4 rings (SSSR count). The standard InChI is InChI=1S/C13H14N2OS/c1-2-7-5-8-11(16)14-10(15-12(8)17-7)9-6-13(9)3-4-13/h5,9H,2-4,6H2,1H3,(H,14,15,16). The van der Waals surface area contributed by atoms with Crippen molar-refractivity contribution in [2.24, 2.45) is 5.41 Å². The maximum absolute atomic E-state index is 12.0. The second-order valence-electron chi connectivity index (χ2n) is 5.36. The number of nitrogens with zero attached hydrogens (tertiary/aromatic N) is 1. The van der Waals surface area contributed by atoms with Crippen molar-refractivity contribution in [2.45, 2.75) is 38.5 Å². The first-order chi connectivity index (χ1) is 8.22. The predicted octanol–water partition coefficient (Wildman–Crippen LogP) is 2.81. The SMILES string of the molecule is CCc1cc2c(=O)[nH]c(C3CC34CC4)nc2s1. The summed E-state index contributed by atoms with van der Waals surface area (Å²) >= 11 is 1.66. The number of aromatic amines is 1. The molecule has 2 aromatic rings. The summed E-state index contributed by atoms with van der Waals surface area (Å²) in [5.74, 6) is 1.47. The van der Waals surface area contributed by atoms with E-state index in [2.05, 4.69) is 16.9 Å². The molecule has 2 aliphatic carbocycles. The Morgan fingerprint density at radius 1 is 1.59 bits per heavy atom. The zero-order valence-corrected chi connectivity index (χ0v) is 10.6. The average molecular weight is 246 g/mol. The minimum atomic E-state index is 0.0450. The normalized spacial score (nSPS) is 24.4. The molecule has 1 N–H and O–H groups in total. The fraction of sp³-hybridized carbons (Fsp3) is 0.538. The number of rotatable bonds is 2. The van der Waals surface area contributed by atoms with Gasteiger partial charge in [0.15, 0.2) is 0 Å². The van der Waals surface area contributed by atoms with E-state index in [0.717, 1.165) is 22.5 Å². The molecule has 2 fully saturated rings. The Bertz CT molecular complexity index is 666. The quantitative estimate of drug-likeness (QED) is 0.885. The summed E-state index contributed by atoms with van der Waals surface area (Å²) in [4.78, 5) is 21.8. The molecular weight excluding hydrogens is 232 g/mol. The Kier molecular flexibility index (Phi) is 1.73. The van der Waals surface area contributed by atoms with Crippen LogP contribution in [0.15, 0.2) is 10.9 Å². The lowest BCUT2D eigenvalue weighted by Crippen LogP contribution is -2.10. The molecule has 0 amide bonds. The van der Waals surface area contributed by atoms with Crippen molar-refractivity contribution in [1.82, 2.24) is 9.97 Å². The Morgan fingerprint density at radius 2 is 2.41 bits per heavy atom. The molecule has 2 saturated carbocycles. The number of nitrogens with one attached hydrogen (secondary N) is 1. The molecule has 4 heteroatoms. The van der Waals surface area contributed by atoms with Crippen LogP contribution in [0.5, 0.6) is 0 Å². The van der Waals surface area contributed by atoms with Crippen LogP contribution in [-0.2, 0) is 6.42 Å². The zero-order valence-electron chi connectivity index (χ0n) is 9.75. The second-order valence-corrected chi connectivity index (χ2v) is 6.47. The van der Waals surface area contributed by atoms with Crippen molar-refractivity contribution < 1.29 is 0 Å². The van der Waals surface area contributed by atoms with Gasteiger partial charge in [0, 0.05) is 10.8 Å². The molecule has 0 bridgehead atoms. The number of aryl methyl sites for hydroxylation is 1. The van der Waals surface area contributed by atoms with Crippen LogP contribution >= 0.6 is 11.3 Å². The molecule has 88 valence electrons. The number of aromatic nitrogens is 2. The highest BCUT2D eigenvalue weighted by atomic mass is 32.1. The summed E-state index contributed by atoms with van der Waals surface area (Å²) in [5.41, 5.74) is 0.595. The minimum absolute atomic E-state index is 0.0450. The second kappa shape index (κ2) is 2.99. The summed E-state index contributed by atoms with van der Waals surface area (Å²) in [6, 6.07) is 1.98. The van der Waals surface area contributed by atoms with Crippen LogP contribution in [0.25, 0.3) is 10.2 Å². The molecule has 1 spiro atoms. The lowest BCUT2D eigenvalue weighted by molar-refractivity contribution is 0.794. The number of hydrogen-bond acceptors (Lipinski definition) is 3. The lowest BCUT2D eigenvalue weighted by Gasteiger charge is -1.97. The topological polar surface area (TPSA) is 45.8 Å². The molecule has 0 radical (unpaired) electrons. The highest BCUT2D eigenvalue weighted by Gasteiger charge is 2.64. The van der Waals surface area contributed by atoms with Gasteiger partial charge >= 0.3 is 0 Å². The lowest BCUT2D eigenvalue weighted by atomic mass is 10.2. The number of hydrogen-bond donors (Lipinski definition) is 1. The third-order valence-corrected chi connectivity index (χ3v) is 5.41. The van der Waals surface area contributed by atoms with Gasteiger partial charge in [-0.3, -0.25) is 4.79 Å². The molecule has 2 aliphatic rings. The summed E-state index contributed by atoms with van der Waals surface area (Å²) in [7, 11) is 0. The summed E-state index contributed by atoms with van der Waals surface area (Å²) in [6.45, 7) is 2.11.